The van der Waals surface area contributed by atoms with Crippen molar-refractivity contribution in [1.29, 1.82) is 10.5 Å². The summed E-state index contributed by atoms with van der Waals surface area (Å²) in [5, 5.41) is 16.3. The molecule has 0 aliphatic rings. The summed E-state index contributed by atoms with van der Waals surface area (Å²) in [4.78, 5) is 0. The van der Waals surface area contributed by atoms with E-state index in [1.54, 1.807) is 12.1 Å². The van der Waals surface area contributed by atoms with Crippen molar-refractivity contribution in [1.82, 2.24) is 0 Å². The maximum absolute atomic E-state index is 8.13. The molecule has 2 radical (unpaired) electrons. The fourth-order valence-electron chi connectivity index (χ4n) is 0.116. The molecule has 0 saturated heterocycles. The van der Waals surface area contributed by atoms with Crippen LogP contribution < -0.4 is 0 Å². The van der Waals surface area contributed by atoms with Gasteiger partial charge in [0.25, 0.3) is 0 Å². The summed E-state index contributed by atoms with van der Waals surface area (Å²) < 4.78 is 0.523. The monoisotopic (exact) mass is 236 g/mol. The van der Waals surface area contributed by atoms with Crippen molar-refractivity contribution in [3.8, 4) is 12.1 Å². The topological polar surface area (TPSA) is 47.6 Å². The Hall–Kier alpha value is -0.241. The molecule has 0 unspecified atom stereocenters. The molecule has 0 aliphatic heterocycles. The first-order valence-electron chi connectivity index (χ1n) is 1.61. The molecule has 0 atom stereocenters. The van der Waals surface area contributed by atoms with Crippen LogP contribution >= 0.6 is 0 Å². The van der Waals surface area contributed by atoms with Crippen LogP contribution in [0.25, 0.3) is 0 Å². The molecule has 0 aliphatic carbocycles. The number of rotatable bonds is 0. The molecule has 0 heterocycles. The van der Waals surface area contributed by atoms with Crippen molar-refractivity contribution in [2.45, 2.75) is 0 Å². The second kappa shape index (κ2) is 3.72. The summed E-state index contributed by atoms with van der Waals surface area (Å²) in [5.41, 5.74) is 0.102. The van der Waals surface area contributed by atoms with Crippen LogP contribution in [-0.4, -0.2) is 32.0 Å². The van der Waals surface area contributed by atoms with Crippen LogP contribution in [0.15, 0.2) is 8.94 Å². The standard InChI is InChI=1S/C4N2Se2/c5-1-3(2-6)4(7)8. The van der Waals surface area contributed by atoms with Crippen molar-refractivity contribution in [2.24, 2.45) is 0 Å². The fourth-order valence-corrected chi connectivity index (χ4v) is 0.499. The predicted molar refractivity (Wildman–Crippen MR) is 29.8 cm³/mol. The number of hydrogen-bond donors (Lipinski definition) is 0. The molecule has 0 aromatic carbocycles. The average Bonchev–Trinajstić information content (AvgIpc) is 1.69. The van der Waals surface area contributed by atoms with Crippen LogP contribution in [-0.2, 0) is 0 Å². The van der Waals surface area contributed by atoms with Crippen LogP contribution in [0.5, 0.6) is 0 Å². The first-order chi connectivity index (χ1) is 3.72. The zero-order chi connectivity index (χ0) is 6.57. The number of nitrogens with zero attached hydrogens (tertiary/aromatic N) is 2. The van der Waals surface area contributed by atoms with E-state index in [2.05, 4.69) is 32.0 Å². The molecule has 2 nitrogen and oxygen atoms in total. The molecule has 0 rings (SSSR count). The summed E-state index contributed by atoms with van der Waals surface area (Å²) in [5.74, 6) is 0. The van der Waals surface area contributed by atoms with E-state index in [9.17, 15) is 0 Å². The van der Waals surface area contributed by atoms with Crippen molar-refractivity contribution in [2.75, 3.05) is 0 Å². The predicted octanol–water partition coefficient (Wildman–Crippen LogP) is -0.418. The van der Waals surface area contributed by atoms with Gasteiger partial charge in [0.1, 0.15) is 0 Å². The van der Waals surface area contributed by atoms with Crippen LogP contribution in [0.3, 0.4) is 0 Å². The fraction of sp³-hybridized carbons (Fsp3) is 0. The molecule has 0 spiro atoms. The zero-order valence-electron chi connectivity index (χ0n) is 3.71. The van der Waals surface area contributed by atoms with Gasteiger partial charge in [0.2, 0.25) is 0 Å². The Morgan fingerprint density at radius 3 is 1.50 bits per heavy atom. The van der Waals surface area contributed by atoms with Crippen LogP contribution in [0.4, 0.5) is 0 Å². The van der Waals surface area contributed by atoms with Gasteiger partial charge in [-0.15, -0.1) is 0 Å². The van der Waals surface area contributed by atoms with E-state index in [-0.39, 0.29) is 5.57 Å². The van der Waals surface area contributed by atoms with Gasteiger partial charge < -0.3 is 0 Å². The van der Waals surface area contributed by atoms with Gasteiger partial charge in [-0.1, -0.05) is 0 Å². The molecule has 0 amide bonds. The number of hydrogen-bond acceptors (Lipinski definition) is 2. The van der Waals surface area contributed by atoms with Gasteiger partial charge in [-0.05, 0) is 0 Å². The summed E-state index contributed by atoms with van der Waals surface area (Å²) in [6, 6.07) is 3.41. The van der Waals surface area contributed by atoms with Crippen molar-refractivity contribution < 1.29 is 0 Å². The van der Waals surface area contributed by atoms with Gasteiger partial charge in [-0.2, -0.15) is 0 Å². The van der Waals surface area contributed by atoms with Crippen LogP contribution in [0, 0.1) is 22.7 Å². The Morgan fingerprint density at radius 1 is 1.12 bits per heavy atom. The van der Waals surface area contributed by atoms with E-state index in [1.165, 1.54) is 0 Å². The van der Waals surface area contributed by atoms with E-state index in [0.29, 0.717) is 3.37 Å². The number of nitriles is 2. The molecule has 4 heteroatoms. The van der Waals surface area contributed by atoms with Crippen LogP contribution in [0.2, 0.25) is 0 Å². The molecular formula is C4N2Se2. The summed E-state index contributed by atoms with van der Waals surface area (Å²) in [6.07, 6.45) is 0. The molecule has 38 valence electrons. The van der Waals surface area contributed by atoms with Crippen LogP contribution in [0.1, 0.15) is 0 Å². The quantitative estimate of drug-likeness (QED) is 0.422. The summed E-state index contributed by atoms with van der Waals surface area (Å²) in [6.45, 7) is 0. The maximum atomic E-state index is 8.13. The summed E-state index contributed by atoms with van der Waals surface area (Å²) in [7, 11) is 0. The molecule has 0 saturated carbocycles. The molecule has 0 aromatic heterocycles. The normalized spacial score (nSPS) is 6.25. The van der Waals surface area contributed by atoms with Gasteiger partial charge >= 0.3 is 63.6 Å². The van der Waals surface area contributed by atoms with Gasteiger partial charge in [-0.3, -0.25) is 0 Å². The Balaban J connectivity index is 4.47. The molecule has 0 fully saturated rings. The first-order valence-corrected chi connectivity index (χ1v) is 3.32. The first kappa shape index (κ1) is 7.76. The molecule has 8 heavy (non-hydrogen) atoms. The molecule has 0 bridgehead atoms. The van der Waals surface area contributed by atoms with Gasteiger partial charge in [0, 0.05) is 0 Å². The third kappa shape index (κ3) is 2.17. The van der Waals surface area contributed by atoms with E-state index >= 15 is 0 Å². The zero-order valence-corrected chi connectivity index (χ0v) is 7.14. The Kier molecular flexibility index (Phi) is 3.61. The average molecular weight is 234 g/mol. The summed E-state index contributed by atoms with van der Waals surface area (Å²) >= 11 is 5.04. The SMILES string of the molecule is N#CC(C#N)=C([Se])[Se]. The Morgan fingerprint density at radius 2 is 1.50 bits per heavy atom. The third-order valence-corrected chi connectivity index (χ3v) is 1.28. The van der Waals surface area contributed by atoms with Crippen molar-refractivity contribution in [3.63, 3.8) is 0 Å². The molecule has 0 aromatic rings. The van der Waals surface area contributed by atoms with Crippen molar-refractivity contribution in [3.05, 3.63) is 8.94 Å². The van der Waals surface area contributed by atoms with E-state index in [1.807, 2.05) is 0 Å². The Bertz CT molecular complexity index is 173. The van der Waals surface area contributed by atoms with Gasteiger partial charge in [0.05, 0.1) is 0 Å². The minimum atomic E-state index is 0.102. The van der Waals surface area contributed by atoms with E-state index < -0.39 is 0 Å². The van der Waals surface area contributed by atoms with E-state index in [0.717, 1.165) is 0 Å². The van der Waals surface area contributed by atoms with Gasteiger partial charge in [-0.25, -0.2) is 0 Å². The van der Waals surface area contributed by atoms with Crippen molar-refractivity contribution >= 4 is 32.0 Å². The molecule has 0 N–H and O–H groups in total. The van der Waals surface area contributed by atoms with E-state index in [4.69, 9.17) is 10.5 Å². The minimum absolute atomic E-state index is 0.102. The second-order valence-electron chi connectivity index (χ2n) is 0.886. The molecular weight excluding hydrogens is 234 g/mol. The van der Waals surface area contributed by atoms with Gasteiger partial charge in [0.15, 0.2) is 0 Å². The Labute approximate surface area is 63.8 Å². The number of allylic oxidation sites excluding steroid dienone is 1. The third-order valence-electron chi connectivity index (χ3n) is 0.428. The second-order valence-corrected chi connectivity index (χ2v) is 3.91.